The zero-order valence-electron chi connectivity index (χ0n) is 16.3. The molecule has 0 aromatic carbocycles. The predicted octanol–water partition coefficient (Wildman–Crippen LogP) is 4.49. The lowest BCUT2D eigenvalue weighted by atomic mass is 10.1. The molecule has 0 aromatic rings. The van der Waals surface area contributed by atoms with Crippen LogP contribution in [0.2, 0.25) is 0 Å². The van der Waals surface area contributed by atoms with Gasteiger partial charge < -0.3 is 18.9 Å². The molecule has 2 aliphatic heterocycles. The van der Waals surface area contributed by atoms with Crippen molar-refractivity contribution in [3.63, 3.8) is 0 Å². The van der Waals surface area contributed by atoms with Gasteiger partial charge in [0.2, 0.25) is 11.6 Å². The number of ether oxygens (including phenoxy) is 4. The van der Waals surface area contributed by atoms with E-state index in [1.807, 2.05) is 0 Å². The standard InChI is InChI=1S/C20H30O6/c1-19(2)23-15(13-17(21)25-19)11-9-7-5-6-8-10-12-16-14-18(22)26-20(3,4)24-16/h13-14H,5-12H2,1-4H3. The SMILES string of the molecule is CC1(C)OC(=O)C=C(CCCCCCCCC2=CC(=O)OC(C)(C)O2)O1. The number of hydrogen-bond acceptors (Lipinski definition) is 6. The minimum absolute atomic E-state index is 0.331. The summed E-state index contributed by atoms with van der Waals surface area (Å²) in [7, 11) is 0. The van der Waals surface area contributed by atoms with E-state index in [1.165, 1.54) is 12.2 Å². The number of carbonyl (C=O) groups excluding carboxylic acids is 2. The fraction of sp³-hybridized carbons (Fsp3) is 0.700. The third-order valence-electron chi connectivity index (χ3n) is 4.10. The number of carbonyl (C=O) groups is 2. The summed E-state index contributed by atoms with van der Waals surface area (Å²) < 4.78 is 21.4. The summed E-state index contributed by atoms with van der Waals surface area (Å²) in [6, 6.07) is 0. The summed E-state index contributed by atoms with van der Waals surface area (Å²) in [6.45, 7) is 6.96. The summed E-state index contributed by atoms with van der Waals surface area (Å²) in [5.74, 6) is -0.967. The van der Waals surface area contributed by atoms with Crippen LogP contribution >= 0.6 is 0 Å². The lowest BCUT2D eigenvalue weighted by Gasteiger charge is -2.30. The smallest absolute Gasteiger partial charge is 0.337 e. The Morgan fingerprint density at radius 3 is 1.31 bits per heavy atom. The molecule has 0 fully saturated rings. The first kappa shape index (κ1) is 20.3. The zero-order chi connectivity index (χ0) is 19.2. The van der Waals surface area contributed by atoms with E-state index in [0.717, 1.165) is 51.4 Å². The Labute approximate surface area is 155 Å². The Balaban J connectivity index is 1.54. The van der Waals surface area contributed by atoms with Gasteiger partial charge in [0.05, 0.1) is 12.2 Å². The number of esters is 2. The Hall–Kier alpha value is -1.98. The normalized spacial score (nSPS) is 20.9. The Morgan fingerprint density at radius 1 is 0.615 bits per heavy atom. The maximum atomic E-state index is 11.5. The first-order valence-corrected chi connectivity index (χ1v) is 9.40. The highest BCUT2D eigenvalue weighted by atomic mass is 16.7. The molecule has 0 radical (unpaired) electrons. The van der Waals surface area contributed by atoms with E-state index in [9.17, 15) is 9.59 Å². The molecule has 0 unspecified atom stereocenters. The van der Waals surface area contributed by atoms with Crippen molar-refractivity contribution in [3.05, 3.63) is 23.7 Å². The number of cyclic esters (lactones) is 2. The fourth-order valence-corrected chi connectivity index (χ4v) is 3.09. The lowest BCUT2D eigenvalue weighted by Crippen LogP contribution is -2.34. The van der Waals surface area contributed by atoms with Crippen LogP contribution in [0.15, 0.2) is 23.7 Å². The molecule has 0 saturated heterocycles. The molecule has 6 nitrogen and oxygen atoms in total. The second-order valence-corrected chi connectivity index (χ2v) is 7.69. The molecular formula is C20H30O6. The molecule has 0 saturated carbocycles. The van der Waals surface area contributed by atoms with Crippen molar-refractivity contribution in [2.45, 2.75) is 90.6 Å². The molecule has 146 valence electrons. The van der Waals surface area contributed by atoms with Crippen LogP contribution in [0.4, 0.5) is 0 Å². The summed E-state index contributed by atoms with van der Waals surface area (Å²) in [4.78, 5) is 22.9. The molecule has 0 atom stereocenters. The highest BCUT2D eigenvalue weighted by Gasteiger charge is 2.30. The second-order valence-electron chi connectivity index (χ2n) is 7.69. The lowest BCUT2D eigenvalue weighted by molar-refractivity contribution is -0.207. The summed E-state index contributed by atoms with van der Waals surface area (Å²) in [6.07, 6.45) is 10.8. The van der Waals surface area contributed by atoms with Gasteiger partial charge in [0.15, 0.2) is 0 Å². The number of hydrogen-bond donors (Lipinski definition) is 0. The Morgan fingerprint density at radius 2 is 0.962 bits per heavy atom. The van der Waals surface area contributed by atoms with E-state index in [1.54, 1.807) is 27.7 Å². The van der Waals surface area contributed by atoms with Gasteiger partial charge in [0.1, 0.15) is 11.5 Å². The highest BCUT2D eigenvalue weighted by molar-refractivity contribution is 5.83. The molecule has 0 aromatic heterocycles. The van der Waals surface area contributed by atoms with Gasteiger partial charge in [-0.15, -0.1) is 0 Å². The Bertz CT molecular complexity index is 533. The largest absolute Gasteiger partial charge is 0.457 e. The van der Waals surface area contributed by atoms with Gasteiger partial charge in [-0.2, -0.15) is 0 Å². The van der Waals surface area contributed by atoms with E-state index >= 15 is 0 Å². The van der Waals surface area contributed by atoms with Crippen molar-refractivity contribution in [2.24, 2.45) is 0 Å². The molecule has 0 N–H and O–H groups in total. The van der Waals surface area contributed by atoms with E-state index in [4.69, 9.17) is 18.9 Å². The highest BCUT2D eigenvalue weighted by Crippen LogP contribution is 2.27. The summed E-state index contributed by atoms with van der Waals surface area (Å²) in [5, 5.41) is 0. The molecule has 2 rings (SSSR count). The van der Waals surface area contributed by atoms with Gasteiger partial charge in [0.25, 0.3) is 0 Å². The van der Waals surface area contributed by atoms with Gasteiger partial charge >= 0.3 is 11.9 Å². The van der Waals surface area contributed by atoms with Gasteiger partial charge in [-0.1, -0.05) is 25.7 Å². The quantitative estimate of drug-likeness (QED) is 0.442. The molecule has 26 heavy (non-hydrogen) atoms. The topological polar surface area (TPSA) is 71.1 Å². The van der Waals surface area contributed by atoms with Crippen LogP contribution in [0.25, 0.3) is 0 Å². The van der Waals surface area contributed by atoms with Crippen molar-refractivity contribution in [2.75, 3.05) is 0 Å². The summed E-state index contributed by atoms with van der Waals surface area (Å²) in [5.41, 5.74) is 0. The van der Waals surface area contributed by atoms with Crippen LogP contribution in [0.1, 0.15) is 79.1 Å². The maximum Gasteiger partial charge on any atom is 0.337 e. The van der Waals surface area contributed by atoms with Crippen molar-refractivity contribution < 1.29 is 28.5 Å². The van der Waals surface area contributed by atoms with E-state index in [0.29, 0.717) is 11.5 Å². The van der Waals surface area contributed by atoms with Crippen LogP contribution in [0, 0.1) is 0 Å². The average molecular weight is 366 g/mol. The van der Waals surface area contributed by atoms with Crippen LogP contribution in [0.5, 0.6) is 0 Å². The van der Waals surface area contributed by atoms with Crippen molar-refractivity contribution >= 4 is 11.9 Å². The number of rotatable bonds is 9. The molecule has 0 aliphatic carbocycles. The van der Waals surface area contributed by atoms with E-state index in [-0.39, 0.29) is 11.9 Å². The van der Waals surface area contributed by atoms with Gasteiger partial charge in [0, 0.05) is 40.5 Å². The number of allylic oxidation sites excluding steroid dienone is 2. The van der Waals surface area contributed by atoms with E-state index < -0.39 is 11.6 Å². The van der Waals surface area contributed by atoms with Crippen molar-refractivity contribution in [1.82, 2.24) is 0 Å². The van der Waals surface area contributed by atoms with Crippen LogP contribution < -0.4 is 0 Å². The van der Waals surface area contributed by atoms with Gasteiger partial charge in [-0.05, 0) is 12.8 Å². The average Bonchev–Trinajstić information content (AvgIpc) is 2.45. The van der Waals surface area contributed by atoms with Crippen LogP contribution in [-0.4, -0.2) is 23.5 Å². The van der Waals surface area contributed by atoms with Gasteiger partial charge in [-0.25, -0.2) is 9.59 Å². The minimum atomic E-state index is -0.863. The fourth-order valence-electron chi connectivity index (χ4n) is 3.09. The maximum absolute atomic E-state index is 11.5. The summed E-state index contributed by atoms with van der Waals surface area (Å²) >= 11 is 0. The first-order chi connectivity index (χ1) is 12.2. The minimum Gasteiger partial charge on any atom is -0.457 e. The van der Waals surface area contributed by atoms with E-state index in [2.05, 4.69) is 0 Å². The third-order valence-corrected chi connectivity index (χ3v) is 4.10. The first-order valence-electron chi connectivity index (χ1n) is 9.40. The Kier molecular flexibility index (Phi) is 6.73. The molecule has 2 aliphatic rings. The molecule has 0 bridgehead atoms. The predicted molar refractivity (Wildman–Crippen MR) is 95.6 cm³/mol. The monoisotopic (exact) mass is 366 g/mol. The third kappa shape index (κ3) is 7.10. The van der Waals surface area contributed by atoms with Gasteiger partial charge in [-0.3, -0.25) is 0 Å². The second kappa shape index (κ2) is 8.60. The molecule has 0 amide bonds. The molecule has 2 heterocycles. The van der Waals surface area contributed by atoms with Crippen molar-refractivity contribution in [1.29, 1.82) is 0 Å². The zero-order valence-corrected chi connectivity index (χ0v) is 16.3. The van der Waals surface area contributed by atoms with Crippen LogP contribution in [0.3, 0.4) is 0 Å². The molecule has 0 spiro atoms. The number of unbranched alkanes of at least 4 members (excludes halogenated alkanes) is 5. The van der Waals surface area contributed by atoms with Crippen LogP contribution in [-0.2, 0) is 28.5 Å². The molecule has 6 heteroatoms. The molecular weight excluding hydrogens is 336 g/mol. The van der Waals surface area contributed by atoms with Crippen molar-refractivity contribution in [3.8, 4) is 0 Å².